The van der Waals surface area contributed by atoms with Crippen molar-refractivity contribution in [1.82, 2.24) is 14.9 Å². The van der Waals surface area contributed by atoms with Crippen molar-refractivity contribution in [3.05, 3.63) is 65.7 Å². The molecule has 3 N–H and O–H groups in total. The molecular weight excluding hydrogens is 554 g/mol. The number of hydrogen-bond donors (Lipinski definition) is 3. The van der Waals surface area contributed by atoms with E-state index in [0.29, 0.717) is 50.4 Å². The Labute approximate surface area is 250 Å². The molecule has 10 heteroatoms. The highest BCUT2D eigenvalue weighted by atomic mass is 32.2. The third-order valence-corrected chi connectivity index (χ3v) is 10.8. The number of hydrogen-bond acceptors (Lipinski definition) is 7. The van der Waals surface area contributed by atoms with E-state index in [1.165, 1.54) is 4.31 Å². The van der Waals surface area contributed by atoms with Gasteiger partial charge in [-0.2, -0.15) is 4.31 Å². The van der Waals surface area contributed by atoms with Gasteiger partial charge in [0.25, 0.3) is 0 Å². The SMILES string of the molecule is CNCc1ccc(S(=O)(=O)N(CC(C)C)C[C@@H](O)[C@H](Cc2ccccc2)NC(=O)C[C@H]2C3CO[C@H]4OC[C@@H]2C4C3)cc1. The molecule has 3 fully saturated rings. The van der Waals surface area contributed by atoms with E-state index in [1.54, 1.807) is 24.3 Å². The fourth-order valence-corrected chi connectivity index (χ4v) is 8.55. The molecule has 1 amide bonds. The first kappa shape index (κ1) is 31.1. The zero-order chi connectivity index (χ0) is 29.9. The van der Waals surface area contributed by atoms with Crippen molar-refractivity contribution in [1.29, 1.82) is 0 Å². The van der Waals surface area contributed by atoms with E-state index in [4.69, 9.17) is 9.47 Å². The highest BCUT2D eigenvalue weighted by Gasteiger charge is 2.54. The Kier molecular flexibility index (Phi) is 10.0. The Balaban J connectivity index is 1.32. The monoisotopic (exact) mass is 599 g/mol. The first-order valence-electron chi connectivity index (χ1n) is 15.1. The summed E-state index contributed by atoms with van der Waals surface area (Å²) in [6.07, 6.45) is 0.505. The van der Waals surface area contributed by atoms with Crippen LogP contribution in [0.3, 0.4) is 0 Å². The second-order valence-electron chi connectivity index (χ2n) is 12.5. The van der Waals surface area contributed by atoms with Crippen molar-refractivity contribution >= 4 is 15.9 Å². The van der Waals surface area contributed by atoms with Gasteiger partial charge in [-0.3, -0.25) is 4.79 Å². The average Bonchev–Trinajstić information content (AvgIpc) is 3.49. The first-order chi connectivity index (χ1) is 20.2. The number of ether oxygens (including phenoxy) is 2. The summed E-state index contributed by atoms with van der Waals surface area (Å²) in [6, 6.07) is 15.8. The lowest BCUT2D eigenvalue weighted by Crippen LogP contribution is -2.51. The highest BCUT2D eigenvalue weighted by molar-refractivity contribution is 7.89. The van der Waals surface area contributed by atoms with Gasteiger partial charge >= 0.3 is 0 Å². The number of rotatable bonds is 14. The lowest BCUT2D eigenvalue weighted by molar-refractivity contribution is -0.165. The molecule has 2 heterocycles. The molecule has 2 bridgehead atoms. The summed E-state index contributed by atoms with van der Waals surface area (Å²) in [5.74, 6) is 1.11. The van der Waals surface area contributed by atoms with Crippen LogP contribution in [0.5, 0.6) is 0 Å². The van der Waals surface area contributed by atoms with Crippen LogP contribution in [0.25, 0.3) is 0 Å². The zero-order valence-corrected chi connectivity index (χ0v) is 25.6. The molecule has 42 heavy (non-hydrogen) atoms. The molecular formula is C32H45N3O6S. The standard InChI is InChI=1S/C32H45N3O6S/c1-21(2)17-35(42(38,39)25-11-9-23(10-12-25)16-33-3)18-30(36)29(13-22-7-5-4-6-8-22)34-31(37)15-26-24-14-27-28(26)20-41-32(27)40-19-24/h4-12,21,24,26-30,32-33,36H,13-20H2,1-3H3,(H,34,37)/t24?,26-,27?,28-,29-,30+,32-/m0/s1. The number of nitrogens with zero attached hydrogens (tertiary/aromatic N) is 1. The maximum absolute atomic E-state index is 13.8. The van der Waals surface area contributed by atoms with Crippen LogP contribution < -0.4 is 10.6 Å². The van der Waals surface area contributed by atoms with Gasteiger partial charge in [0.15, 0.2) is 6.29 Å². The summed E-state index contributed by atoms with van der Waals surface area (Å²) >= 11 is 0. The van der Waals surface area contributed by atoms with Crippen LogP contribution in [0, 0.1) is 29.6 Å². The number of sulfonamides is 1. The van der Waals surface area contributed by atoms with Gasteiger partial charge in [0.1, 0.15) is 0 Å². The minimum absolute atomic E-state index is 0.0408. The third kappa shape index (κ3) is 7.06. The van der Waals surface area contributed by atoms with Gasteiger partial charge in [-0.05, 0) is 66.8 Å². The first-order valence-corrected chi connectivity index (χ1v) is 16.6. The second kappa shape index (κ2) is 13.5. The Hall–Kier alpha value is -2.34. The Morgan fingerprint density at radius 1 is 1.00 bits per heavy atom. The minimum atomic E-state index is -3.88. The summed E-state index contributed by atoms with van der Waals surface area (Å²) in [7, 11) is -2.04. The van der Waals surface area contributed by atoms with Crippen molar-refractivity contribution in [3.63, 3.8) is 0 Å². The Morgan fingerprint density at radius 2 is 1.71 bits per heavy atom. The number of aliphatic hydroxyl groups excluding tert-OH is 1. The van der Waals surface area contributed by atoms with E-state index in [2.05, 4.69) is 10.6 Å². The minimum Gasteiger partial charge on any atom is -0.390 e. The quantitative estimate of drug-likeness (QED) is 0.306. The van der Waals surface area contributed by atoms with Crippen LogP contribution in [0.2, 0.25) is 0 Å². The lowest BCUT2D eigenvalue weighted by Gasteiger charge is -2.31. The van der Waals surface area contributed by atoms with Crippen molar-refractivity contribution in [2.75, 3.05) is 33.4 Å². The summed E-state index contributed by atoms with van der Waals surface area (Å²) < 4.78 is 40.6. The Bertz CT molecular complexity index is 1290. The van der Waals surface area contributed by atoms with E-state index >= 15 is 0 Å². The third-order valence-electron chi connectivity index (χ3n) is 8.99. The second-order valence-corrected chi connectivity index (χ2v) is 14.5. The number of carbonyl (C=O) groups excluding carboxylic acids is 1. The molecule has 9 nitrogen and oxygen atoms in total. The molecule has 2 unspecified atom stereocenters. The maximum Gasteiger partial charge on any atom is 0.243 e. The molecule has 230 valence electrons. The topological polar surface area (TPSA) is 117 Å². The van der Waals surface area contributed by atoms with Gasteiger partial charge in [-0.15, -0.1) is 0 Å². The summed E-state index contributed by atoms with van der Waals surface area (Å²) in [6.45, 7) is 5.90. The van der Waals surface area contributed by atoms with Gasteiger partial charge in [0.05, 0.1) is 30.3 Å². The highest BCUT2D eigenvalue weighted by Crippen LogP contribution is 2.52. The average molecular weight is 600 g/mol. The molecule has 2 saturated heterocycles. The molecule has 0 radical (unpaired) electrons. The van der Waals surface area contributed by atoms with Crippen molar-refractivity contribution in [3.8, 4) is 0 Å². The van der Waals surface area contributed by atoms with Crippen molar-refractivity contribution in [2.24, 2.45) is 29.6 Å². The molecule has 2 aromatic carbocycles. The van der Waals surface area contributed by atoms with Gasteiger partial charge in [-0.1, -0.05) is 56.3 Å². The van der Waals surface area contributed by atoms with Gasteiger partial charge in [0, 0.05) is 32.0 Å². The number of benzene rings is 2. The van der Waals surface area contributed by atoms with E-state index in [-0.39, 0.29) is 42.0 Å². The fourth-order valence-electron chi connectivity index (χ4n) is 6.93. The van der Waals surface area contributed by atoms with Crippen LogP contribution in [0.4, 0.5) is 0 Å². The maximum atomic E-state index is 13.8. The largest absolute Gasteiger partial charge is 0.390 e. The van der Waals surface area contributed by atoms with E-state index in [1.807, 2.05) is 51.2 Å². The molecule has 0 spiro atoms. The van der Waals surface area contributed by atoms with E-state index < -0.39 is 22.2 Å². The van der Waals surface area contributed by atoms with Gasteiger partial charge in [0.2, 0.25) is 15.9 Å². The molecule has 2 aliphatic heterocycles. The summed E-state index contributed by atoms with van der Waals surface area (Å²) in [5, 5.41) is 17.7. The number of fused-ring (bicyclic) bond motifs is 1. The predicted molar refractivity (Wildman–Crippen MR) is 160 cm³/mol. The number of amides is 1. The summed E-state index contributed by atoms with van der Waals surface area (Å²) in [4.78, 5) is 13.7. The Morgan fingerprint density at radius 3 is 2.40 bits per heavy atom. The normalized spacial score (nSPS) is 26.5. The molecule has 1 aliphatic carbocycles. The van der Waals surface area contributed by atoms with Crippen molar-refractivity contribution in [2.45, 2.75) is 63.0 Å². The molecule has 1 saturated carbocycles. The lowest BCUT2D eigenvalue weighted by atomic mass is 9.86. The molecule has 0 aromatic heterocycles. The van der Waals surface area contributed by atoms with Crippen molar-refractivity contribution < 1.29 is 27.8 Å². The zero-order valence-electron chi connectivity index (χ0n) is 24.8. The van der Waals surface area contributed by atoms with Gasteiger partial charge in [-0.25, -0.2) is 8.42 Å². The van der Waals surface area contributed by atoms with Crippen LogP contribution in [-0.2, 0) is 37.3 Å². The number of aliphatic hydroxyl groups is 1. The number of nitrogens with one attached hydrogen (secondary N) is 2. The van der Waals surface area contributed by atoms with Gasteiger partial charge < -0.3 is 25.2 Å². The van der Waals surface area contributed by atoms with Crippen LogP contribution in [0.1, 0.15) is 37.8 Å². The van der Waals surface area contributed by atoms with E-state index in [0.717, 1.165) is 17.5 Å². The van der Waals surface area contributed by atoms with E-state index in [9.17, 15) is 18.3 Å². The molecule has 7 atom stereocenters. The van der Waals surface area contributed by atoms with Crippen LogP contribution in [-0.4, -0.2) is 75.5 Å². The molecule has 5 rings (SSSR count). The smallest absolute Gasteiger partial charge is 0.243 e. The van der Waals surface area contributed by atoms with Crippen LogP contribution >= 0.6 is 0 Å². The molecule has 2 aromatic rings. The molecule has 3 aliphatic rings. The number of carbonyl (C=O) groups is 1. The van der Waals surface area contributed by atoms with Crippen LogP contribution in [0.15, 0.2) is 59.5 Å². The predicted octanol–water partition coefficient (Wildman–Crippen LogP) is 2.79. The summed E-state index contributed by atoms with van der Waals surface area (Å²) in [5.41, 5.74) is 1.94. The fraction of sp³-hybridized carbons (Fsp3) is 0.594.